The highest BCUT2D eigenvalue weighted by molar-refractivity contribution is 6.30. The van der Waals surface area contributed by atoms with Gasteiger partial charge in [0.15, 0.2) is 0 Å². The van der Waals surface area contributed by atoms with Gasteiger partial charge in [-0.25, -0.2) is 0 Å². The highest BCUT2D eigenvalue weighted by atomic mass is 35.5. The molecule has 3 nitrogen and oxygen atoms in total. The number of rotatable bonds is 7. The van der Waals surface area contributed by atoms with Crippen molar-refractivity contribution in [2.24, 2.45) is 0 Å². The zero-order chi connectivity index (χ0) is 14.9. The maximum absolute atomic E-state index is 11.8. The maximum Gasteiger partial charge on any atom is 0.222 e. The van der Waals surface area contributed by atoms with E-state index in [9.17, 15) is 4.79 Å². The summed E-state index contributed by atoms with van der Waals surface area (Å²) in [6.45, 7) is 1.55. The average Bonchev–Trinajstić information content (AvgIpc) is 2.50. The number of nitrogens with one attached hydrogen (secondary N) is 1. The van der Waals surface area contributed by atoms with E-state index in [1.807, 2.05) is 12.1 Å². The Balaban J connectivity index is 1.52. The fourth-order valence-electron chi connectivity index (χ4n) is 2.58. The van der Waals surface area contributed by atoms with Crippen LogP contribution < -0.4 is 5.32 Å². The summed E-state index contributed by atoms with van der Waals surface area (Å²) in [7, 11) is 0. The van der Waals surface area contributed by atoms with Crippen molar-refractivity contribution in [1.82, 2.24) is 5.32 Å². The van der Waals surface area contributed by atoms with Crippen LogP contribution in [0.5, 0.6) is 0 Å². The molecule has 1 N–H and O–H groups in total. The van der Waals surface area contributed by atoms with E-state index in [-0.39, 0.29) is 12.0 Å². The minimum atomic E-state index is 0.119. The standard InChI is InChI=1S/C17H24ClNO2/c18-15-9-7-14(8-10-15)5-1-3-11-19-17(20)13-16-6-2-4-12-21-16/h7-10,16H,1-6,11-13H2,(H,19,20). The van der Waals surface area contributed by atoms with E-state index in [2.05, 4.69) is 17.4 Å². The second kappa shape index (κ2) is 9.06. The summed E-state index contributed by atoms with van der Waals surface area (Å²) < 4.78 is 5.57. The number of carbonyl (C=O) groups excluding carboxylic acids is 1. The molecule has 4 heteroatoms. The molecule has 1 atom stereocenters. The molecule has 1 amide bonds. The fourth-order valence-corrected chi connectivity index (χ4v) is 2.71. The fraction of sp³-hybridized carbons (Fsp3) is 0.588. The lowest BCUT2D eigenvalue weighted by Gasteiger charge is -2.21. The average molecular weight is 310 g/mol. The first kappa shape index (κ1) is 16.3. The van der Waals surface area contributed by atoms with Crippen LogP contribution in [0.1, 0.15) is 44.1 Å². The predicted molar refractivity (Wildman–Crippen MR) is 85.6 cm³/mol. The van der Waals surface area contributed by atoms with Gasteiger partial charge in [0.05, 0.1) is 12.5 Å². The molecule has 2 rings (SSSR count). The smallest absolute Gasteiger partial charge is 0.222 e. The number of ether oxygens (including phenoxy) is 1. The molecule has 0 bridgehead atoms. The van der Waals surface area contributed by atoms with Gasteiger partial charge in [0, 0.05) is 18.2 Å². The van der Waals surface area contributed by atoms with E-state index in [4.69, 9.17) is 16.3 Å². The van der Waals surface area contributed by atoms with Crippen LogP contribution in [0.2, 0.25) is 5.02 Å². The van der Waals surface area contributed by atoms with Crippen molar-refractivity contribution in [2.45, 2.75) is 51.0 Å². The monoisotopic (exact) mass is 309 g/mol. The van der Waals surface area contributed by atoms with Crippen molar-refractivity contribution in [1.29, 1.82) is 0 Å². The van der Waals surface area contributed by atoms with E-state index >= 15 is 0 Å². The van der Waals surface area contributed by atoms with Crippen molar-refractivity contribution >= 4 is 17.5 Å². The molecule has 1 aliphatic heterocycles. The van der Waals surface area contributed by atoms with E-state index in [0.717, 1.165) is 50.3 Å². The van der Waals surface area contributed by atoms with Gasteiger partial charge in [-0.2, -0.15) is 0 Å². The van der Waals surface area contributed by atoms with E-state index in [1.165, 1.54) is 12.0 Å². The Morgan fingerprint density at radius 3 is 2.76 bits per heavy atom. The molecular weight excluding hydrogens is 286 g/mol. The lowest BCUT2D eigenvalue weighted by molar-refractivity contribution is -0.124. The predicted octanol–water partition coefficient (Wildman–Crippen LogP) is 3.74. The largest absolute Gasteiger partial charge is 0.378 e. The Morgan fingerprint density at radius 1 is 1.24 bits per heavy atom. The molecule has 0 radical (unpaired) electrons. The van der Waals surface area contributed by atoms with Crippen molar-refractivity contribution in [3.05, 3.63) is 34.9 Å². The number of amides is 1. The van der Waals surface area contributed by atoms with Crippen LogP contribution in [0, 0.1) is 0 Å². The first-order valence-corrected chi connectivity index (χ1v) is 8.24. The zero-order valence-electron chi connectivity index (χ0n) is 12.4. The lowest BCUT2D eigenvalue weighted by Crippen LogP contribution is -2.31. The molecule has 0 spiro atoms. The summed E-state index contributed by atoms with van der Waals surface area (Å²) in [5.74, 6) is 0.119. The Labute approximate surface area is 132 Å². The summed E-state index contributed by atoms with van der Waals surface area (Å²) in [5.41, 5.74) is 1.29. The molecule has 1 heterocycles. The number of aryl methyl sites for hydroxylation is 1. The van der Waals surface area contributed by atoms with Crippen LogP contribution in [0.4, 0.5) is 0 Å². The number of hydrogen-bond acceptors (Lipinski definition) is 2. The molecule has 0 saturated carbocycles. The molecule has 0 aliphatic carbocycles. The number of hydrogen-bond donors (Lipinski definition) is 1. The quantitative estimate of drug-likeness (QED) is 0.779. The molecule has 1 aliphatic rings. The third-order valence-electron chi connectivity index (χ3n) is 3.81. The summed E-state index contributed by atoms with van der Waals surface area (Å²) in [5, 5.41) is 3.76. The molecule has 1 aromatic carbocycles. The van der Waals surface area contributed by atoms with Crippen LogP contribution in [0.3, 0.4) is 0 Å². The normalized spacial score (nSPS) is 18.4. The number of halogens is 1. The lowest BCUT2D eigenvalue weighted by atomic mass is 10.1. The third-order valence-corrected chi connectivity index (χ3v) is 4.07. The Morgan fingerprint density at radius 2 is 2.05 bits per heavy atom. The van der Waals surface area contributed by atoms with Crippen molar-refractivity contribution in [2.75, 3.05) is 13.2 Å². The molecule has 1 saturated heterocycles. The third kappa shape index (κ3) is 6.49. The van der Waals surface area contributed by atoms with Gasteiger partial charge < -0.3 is 10.1 Å². The Bertz CT molecular complexity index is 427. The van der Waals surface area contributed by atoms with Gasteiger partial charge in [-0.15, -0.1) is 0 Å². The van der Waals surface area contributed by atoms with Crippen molar-refractivity contribution < 1.29 is 9.53 Å². The minimum Gasteiger partial charge on any atom is -0.378 e. The van der Waals surface area contributed by atoms with Gasteiger partial charge in [0.2, 0.25) is 5.91 Å². The van der Waals surface area contributed by atoms with Crippen LogP contribution in [0.15, 0.2) is 24.3 Å². The maximum atomic E-state index is 11.8. The van der Waals surface area contributed by atoms with Crippen molar-refractivity contribution in [3.8, 4) is 0 Å². The second-order valence-electron chi connectivity index (χ2n) is 5.63. The van der Waals surface area contributed by atoms with Crippen LogP contribution in [0.25, 0.3) is 0 Å². The van der Waals surface area contributed by atoms with Gasteiger partial charge in [-0.3, -0.25) is 4.79 Å². The molecule has 21 heavy (non-hydrogen) atoms. The molecule has 1 aromatic rings. The number of benzene rings is 1. The first-order valence-electron chi connectivity index (χ1n) is 7.87. The molecular formula is C17H24ClNO2. The molecule has 116 valence electrons. The zero-order valence-corrected chi connectivity index (χ0v) is 13.2. The van der Waals surface area contributed by atoms with Gasteiger partial charge in [-0.1, -0.05) is 23.7 Å². The summed E-state index contributed by atoms with van der Waals surface area (Å²) >= 11 is 5.85. The number of carbonyl (C=O) groups is 1. The topological polar surface area (TPSA) is 38.3 Å². The van der Waals surface area contributed by atoms with E-state index in [1.54, 1.807) is 0 Å². The van der Waals surface area contributed by atoms with E-state index < -0.39 is 0 Å². The summed E-state index contributed by atoms with van der Waals surface area (Å²) in [4.78, 5) is 11.8. The second-order valence-corrected chi connectivity index (χ2v) is 6.06. The number of unbranched alkanes of at least 4 members (excludes halogenated alkanes) is 1. The minimum absolute atomic E-state index is 0.119. The molecule has 1 unspecified atom stereocenters. The van der Waals surface area contributed by atoms with Crippen LogP contribution in [-0.2, 0) is 16.0 Å². The Kier molecular flexibility index (Phi) is 7.04. The Hall–Kier alpha value is -1.06. The molecule has 1 fully saturated rings. The SMILES string of the molecule is O=C(CC1CCCCO1)NCCCCc1ccc(Cl)cc1. The summed E-state index contributed by atoms with van der Waals surface area (Å²) in [6.07, 6.45) is 7.07. The first-order chi connectivity index (χ1) is 10.2. The van der Waals surface area contributed by atoms with Gasteiger partial charge in [0.25, 0.3) is 0 Å². The van der Waals surface area contributed by atoms with Crippen molar-refractivity contribution in [3.63, 3.8) is 0 Å². The highest BCUT2D eigenvalue weighted by Crippen LogP contribution is 2.15. The molecule has 0 aromatic heterocycles. The van der Waals surface area contributed by atoms with Crippen LogP contribution >= 0.6 is 11.6 Å². The highest BCUT2D eigenvalue weighted by Gasteiger charge is 2.17. The van der Waals surface area contributed by atoms with Gasteiger partial charge >= 0.3 is 0 Å². The summed E-state index contributed by atoms with van der Waals surface area (Å²) in [6, 6.07) is 7.95. The van der Waals surface area contributed by atoms with Gasteiger partial charge in [0.1, 0.15) is 0 Å². The van der Waals surface area contributed by atoms with Gasteiger partial charge in [-0.05, 0) is 56.2 Å². The van der Waals surface area contributed by atoms with Crippen LogP contribution in [-0.4, -0.2) is 25.2 Å². The van der Waals surface area contributed by atoms with E-state index in [0.29, 0.717) is 6.42 Å².